The second-order valence-corrected chi connectivity index (χ2v) is 8.64. The minimum atomic E-state index is -1.27. The number of carboxylic acids is 1. The predicted molar refractivity (Wildman–Crippen MR) is 112 cm³/mol. The zero-order valence-corrected chi connectivity index (χ0v) is 17.7. The number of carbonyl (C=O) groups excluding carboxylic acids is 1. The normalized spacial score (nSPS) is 18.4. The molecule has 1 heterocycles. The van der Waals surface area contributed by atoms with E-state index in [1.165, 1.54) is 13.8 Å². The highest BCUT2D eigenvalue weighted by atomic mass is 16.5. The Morgan fingerprint density at radius 3 is 2.45 bits per heavy atom. The minimum absolute atomic E-state index is 0.185. The van der Waals surface area contributed by atoms with Crippen LogP contribution in [0.1, 0.15) is 71.3 Å². The zero-order valence-electron chi connectivity index (χ0n) is 17.7. The number of ether oxygens (including phenoxy) is 1. The van der Waals surface area contributed by atoms with Crippen LogP contribution in [0.25, 0.3) is 0 Å². The van der Waals surface area contributed by atoms with Gasteiger partial charge in [0.15, 0.2) is 5.60 Å². The third-order valence-electron chi connectivity index (χ3n) is 5.92. The molecule has 6 heteroatoms. The van der Waals surface area contributed by atoms with E-state index in [-0.39, 0.29) is 5.91 Å². The lowest BCUT2D eigenvalue weighted by atomic mass is 9.98. The summed E-state index contributed by atoms with van der Waals surface area (Å²) in [4.78, 5) is 31.2. The largest absolute Gasteiger partial charge is 0.478 e. The molecule has 0 atom stereocenters. The molecule has 0 aromatic heterocycles. The van der Waals surface area contributed by atoms with Crippen molar-refractivity contribution < 1.29 is 19.4 Å². The molecule has 1 aromatic rings. The van der Waals surface area contributed by atoms with Gasteiger partial charge in [0, 0.05) is 13.0 Å². The first kappa shape index (κ1) is 21.3. The monoisotopic (exact) mass is 400 g/mol. The van der Waals surface area contributed by atoms with Crippen molar-refractivity contribution in [3.05, 3.63) is 29.8 Å². The Hall–Kier alpha value is -2.37. The molecule has 1 fully saturated rings. The highest BCUT2D eigenvalue weighted by molar-refractivity contribution is 6.08. The number of aliphatic carboxylic acids is 1. The van der Waals surface area contributed by atoms with Gasteiger partial charge < -0.3 is 9.84 Å². The van der Waals surface area contributed by atoms with Crippen LogP contribution in [-0.4, -0.2) is 45.4 Å². The van der Waals surface area contributed by atoms with Crippen molar-refractivity contribution in [1.29, 1.82) is 0 Å². The second-order valence-electron chi connectivity index (χ2n) is 8.64. The molecule has 1 spiro atoms. The number of carbonyl (C=O) groups is 2. The van der Waals surface area contributed by atoms with Crippen molar-refractivity contribution in [3.8, 4) is 5.75 Å². The number of amidine groups is 1. The van der Waals surface area contributed by atoms with Gasteiger partial charge in [-0.25, -0.2) is 4.79 Å². The molecule has 1 amide bonds. The first-order chi connectivity index (χ1) is 13.8. The van der Waals surface area contributed by atoms with Crippen LogP contribution < -0.4 is 4.74 Å². The Bertz CT molecular complexity index is 777. The van der Waals surface area contributed by atoms with E-state index in [9.17, 15) is 14.7 Å². The summed E-state index contributed by atoms with van der Waals surface area (Å²) in [5.74, 6) is 0.661. The van der Waals surface area contributed by atoms with Crippen molar-refractivity contribution in [3.63, 3.8) is 0 Å². The van der Waals surface area contributed by atoms with Gasteiger partial charge in [-0.2, -0.15) is 0 Å². The van der Waals surface area contributed by atoms with Gasteiger partial charge in [-0.1, -0.05) is 38.3 Å². The highest BCUT2D eigenvalue weighted by Gasteiger charge is 2.49. The van der Waals surface area contributed by atoms with Gasteiger partial charge in [0.05, 0.1) is 0 Å². The summed E-state index contributed by atoms with van der Waals surface area (Å²) in [7, 11) is 0. The molecule has 1 aliphatic heterocycles. The molecule has 1 aromatic carbocycles. The van der Waals surface area contributed by atoms with Crippen LogP contribution in [0, 0.1) is 0 Å². The molecule has 1 saturated carbocycles. The molecule has 29 heavy (non-hydrogen) atoms. The molecule has 0 saturated heterocycles. The molecular formula is C23H32N2O4. The molecule has 2 aliphatic rings. The molecule has 6 nitrogen and oxygen atoms in total. The van der Waals surface area contributed by atoms with E-state index in [4.69, 9.17) is 9.73 Å². The molecule has 0 bridgehead atoms. The Labute approximate surface area is 173 Å². The van der Waals surface area contributed by atoms with Crippen LogP contribution in [0.4, 0.5) is 0 Å². The maximum atomic E-state index is 13.1. The lowest BCUT2D eigenvalue weighted by Gasteiger charge is -2.23. The lowest BCUT2D eigenvalue weighted by molar-refractivity contribution is -0.152. The van der Waals surface area contributed by atoms with Gasteiger partial charge in [-0.15, -0.1) is 0 Å². The van der Waals surface area contributed by atoms with Gasteiger partial charge in [0.25, 0.3) is 5.91 Å². The molecule has 0 unspecified atom stereocenters. The van der Waals surface area contributed by atoms with Crippen molar-refractivity contribution >= 4 is 17.7 Å². The number of hydrogen-bond donors (Lipinski definition) is 1. The molecule has 1 N–H and O–H groups in total. The van der Waals surface area contributed by atoms with E-state index < -0.39 is 17.1 Å². The fourth-order valence-corrected chi connectivity index (χ4v) is 4.07. The third-order valence-corrected chi connectivity index (χ3v) is 5.92. The molecule has 1 aliphatic carbocycles. The number of unbranched alkanes of at least 4 members (excludes halogenated alkanes) is 1. The summed E-state index contributed by atoms with van der Waals surface area (Å²) in [6.45, 7) is 5.84. The first-order valence-corrected chi connectivity index (χ1v) is 10.7. The summed E-state index contributed by atoms with van der Waals surface area (Å²) in [5, 5.41) is 9.19. The predicted octanol–water partition coefficient (Wildman–Crippen LogP) is 4.21. The van der Waals surface area contributed by atoms with Crippen LogP contribution in [0.15, 0.2) is 29.3 Å². The van der Waals surface area contributed by atoms with Gasteiger partial charge in [0.1, 0.15) is 17.1 Å². The maximum absolute atomic E-state index is 13.1. The van der Waals surface area contributed by atoms with Gasteiger partial charge >= 0.3 is 5.97 Å². The third kappa shape index (κ3) is 4.62. The van der Waals surface area contributed by atoms with E-state index in [2.05, 4.69) is 6.92 Å². The van der Waals surface area contributed by atoms with E-state index >= 15 is 0 Å². The van der Waals surface area contributed by atoms with Crippen molar-refractivity contribution in [1.82, 2.24) is 4.90 Å². The Morgan fingerprint density at radius 2 is 1.86 bits per heavy atom. The highest BCUT2D eigenvalue weighted by Crippen LogP contribution is 2.39. The summed E-state index contributed by atoms with van der Waals surface area (Å²) in [5.41, 5.74) is -0.673. The fraction of sp³-hybridized carbons (Fsp3) is 0.609. The van der Waals surface area contributed by atoms with E-state index in [0.717, 1.165) is 62.8 Å². The van der Waals surface area contributed by atoms with Crippen LogP contribution in [-0.2, 0) is 16.0 Å². The Balaban J connectivity index is 1.64. The van der Waals surface area contributed by atoms with Crippen molar-refractivity contribution in [2.24, 2.45) is 4.99 Å². The fourth-order valence-electron chi connectivity index (χ4n) is 4.07. The average molecular weight is 401 g/mol. The van der Waals surface area contributed by atoms with E-state index in [1.807, 2.05) is 17.0 Å². The van der Waals surface area contributed by atoms with Gasteiger partial charge in [0.2, 0.25) is 0 Å². The number of amides is 1. The minimum Gasteiger partial charge on any atom is -0.478 e. The second kappa shape index (κ2) is 8.56. The zero-order chi connectivity index (χ0) is 21.1. The summed E-state index contributed by atoms with van der Waals surface area (Å²) in [6.07, 6.45) is 7.65. The quantitative estimate of drug-likeness (QED) is 0.673. The average Bonchev–Trinajstić information content (AvgIpc) is 3.25. The molecule has 0 radical (unpaired) electrons. The van der Waals surface area contributed by atoms with Crippen molar-refractivity contribution in [2.45, 2.75) is 83.3 Å². The topological polar surface area (TPSA) is 79.2 Å². The first-order valence-electron chi connectivity index (χ1n) is 10.7. The number of benzene rings is 1. The summed E-state index contributed by atoms with van der Waals surface area (Å²) < 4.78 is 5.55. The maximum Gasteiger partial charge on any atom is 0.347 e. The van der Waals surface area contributed by atoms with Gasteiger partial charge in [-0.05, 0) is 57.2 Å². The Morgan fingerprint density at radius 1 is 1.21 bits per heavy atom. The van der Waals surface area contributed by atoms with Crippen molar-refractivity contribution in [2.75, 3.05) is 6.54 Å². The summed E-state index contributed by atoms with van der Waals surface area (Å²) >= 11 is 0. The number of hydrogen-bond acceptors (Lipinski definition) is 4. The van der Waals surface area contributed by atoms with Gasteiger partial charge in [-0.3, -0.25) is 14.7 Å². The van der Waals surface area contributed by atoms with E-state index in [0.29, 0.717) is 12.3 Å². The standard InChI is InChI=1S/C23H32N2O4/c1-4-5-8-19-24-23(14-6-7-15-23)20(26)25(19)16-13-17-9-11-18(12-10-17)29-22(2,3)21(27)28/h9-12H,4-8,13-16H2,1-3H3,(H,27,28). The van der Waals surface area contributed by atoms with E-state index in [1.54, 1.807) is 12.1 Å². The SMILES string of the molecule is CCCCC1=NC2(CCCC2)C(=O)N1CCc1ccc(OC(C)(C)C(=O)O)cc1. The Kier molecular flexibility index (Phi) is 6.30. The summed E-state index contributed by atoms with van der Waals surface area (Å²) in [6, 6.07) is 7.44. The van der Waals surface area contributed by atoms with Crippen LogP contribution in [0.5, 0.6) is 5.75 Å². The molecule has 3 rings (SSSR count). The number of nitrogens with zero attached hydrogens (tertiary/aromatic N) is 2. The van der Waals surface area contributed by atoms with Crippen LogP contribution >= 0.6 is 0 Å². The van der Waals surface area contributed by atoms with Crippen LogP contribution in [0.3, 0.4) is 0 Å². The van der Waals surface area contributed by atoms with Crippen LogP contribution in [0.2, 0.25) is 0 Å². The number of aliphatic imine (C=N–C) groups is 1. The smallest absolute Gasteiger partial charge is 0.347 e. The number of carboxylic acid groups (broad SMARTS) is 1. The number of rotatable bonds is 9. The lowest BCUT2D eigenvalue weighted by Crippen LogP contribution is -2.42. The molecular weight excluding hydrogens is 368 g/mol. The molecule has 158 valence electrons.